The number of nitrogens with two attached hydrogens (primary N) is 1. The van der Waals surface area contributed by atoms with Crippen LogP contribution in [0.2, 0.25) is 0 Å². The molecule has 84 valence electrons. The maximum atomic E-state index is 11.6. The van der Waals surface area contributed by atoms with E-state index in [1.807, 2.05) is 6.07 Å². The van der Waals surface area contributed by atoms with Crippen molar-refractivity contribution in [3.05, 3.63) is 29.8 Å². The average Bonchev–Trinajstić information content (AvgIpc) is 2.28. The maximum absolute atomic E-state index is 11.6. The fourth-order valence-corrected chi connectivity index (χ4v) is 2.06. The molecule has 0 amide bonds. The molecule has 1 rings (SSSR count). The third-order valence-electron chi connectivity index (χ3n) is 2.29. The van der Waals surface area contributed by atoms with Gasteiger partial charge in [-0.05, 0) is 24.6 Å². The molecular formula is C10H16N2O2S. The molecule has 0 heterocycles. The Hall–Kier alpha value is -1.07. The summed E-state index contributed by atoms with van der Waals surface area (Å²) in [4.78, 5) is 0. The minimum Gasteiger partial charge on any atom is -0.326 e. The van der Waals surface area contributed by atoms with Gasteiger partial charge in [-0.25, -0.2) is 8.42 Å². The van der Waals surface area contributed by atoms with E-state index in [-0.39, 0.29) is 5.75 Å². The summed E-state index contributed by atoms with van der Waals surface area (Å²) in [5, 5.41) is 0. The molecule has 0 aliphatic rings. The van der Waals surface area contributed by atoms with E-state index in [4.69, 9.17) is 5.73 Å². The zero-order valence-electron chi connectivity index (χ0n) is 8.97. The molecule has 5 heteroatoms. The van der Waals surface area contributed by atoms with Gasteiger partial charge < -0.3 is 5.73 Å². The lowest BCUT2D eigenvalue weighted by atomic mass is 10.2. The number of anilines is 1. The SMILES string of the molecule is CCS(=O)(=O)N(C)c1cccc(CN)c1. The Kier molecular flexibility index (Phi) is 3.71. The topological polar surface area (TPSA) is 63.4 Å². The van der Waals surface area contributed by atoms with Gasteiger partial charge in [-0.1, -0.05) is 12.1 Å². The molecule has 0 spiro atoms. The molecule has 0 saturated heterocycles. The monoisotopic (exact) mass is 228 g/mol. The lowest BCUT2D eigenvalue weighted by Crippen LogP contribution is -2.28. The predicted octanol–water partition coefficient (Wildman–Crippen LogP) is 0.931. The van der Waals surface area contributed by atoms with Crippen LogP contribution in [0.3, 0.4) is 0 Å². The summed E-state index contributed by atoms with van der Waals surface area (Å²) in [6.45, 7) is 2.03. The molecule has 0 atom stereocenters. The van der Waals surface area contributed by atoms with Crippen LogP contribution in [-0.2, 0) is 16.6 Å². The molecule has 15 heavy (non-hydrogen) atoms. The normalized spacial score (nSPS) is 11.4. The summed E-state index contributed by atoms with van der Waals surface area (Å²) >= 11 is 0. The lowest BCUT2D eigenvalue weighted by molar-refractivity contribution is 0.595. The molecule has 2 N–H and O–H groups in total. The van der Waals surface area contributed by atoms with E-state index in [0.717, 1.165) is 5.56 Å². The second kappa shape index (κ2) is 4.63. The van der Waals surface area contributed by atoms with Crippen molar-refractivity contribution < 1.29 is 8.42 Å². The standard InChI is InChI=1S/C10H16N2O2S/c1-3-15(13,14)12(2)10-6-4-5-9(7-10)8-11/h4-7H,3,8,11H2,1-2H3. The number of rotatable bonds is 4. The van der Waals surface area contributed by atoms with Crippen LogP contribution in [0.15, 0.2) is 24.3 Å². The zero-order valence-corrected chi connectivity index (χ0v) is 9.79. The molecular weight excluding hydrogens is 212 g/mol. The highest BCUT2D eigenvalue weighted by atomic mass is 32.2. The minimum atomic E-state index is -3.18. The van der Waals surface area contributed by atoms with Gasteiger partial charge in [0.2, 0.25) is 10.0 Å². The van der Waals surface area contributed by atoms with Crippen LogP contribution >= 0.6 is 0 Å². The summed E-state index contributed by atoms with van der Waals surface area (Å²) in [7, 11) is -1.63. The van der Waals surface area contributed by atoms with Crippen molar-refractivity contribution in [3.8, 4) is 0 Å². The van der Waals surface area contributed by atoms with Crippen molar-refractivity contribution in [1.29, 1.82) is 0 Å². The molecule has 0 saturated carbocycles. The van der Waals surface area contributed by atoms with Gasteiger partial charge in [-0.3, -0.25) is 4.31 Å². The van der Waals surface area contributed by atoms with Gasteiger partial charge in [-0.2, -0.15) is 0 Å². The Morgan fingerprint density at radius 1 is 1.40 bits per heavy atom. The van der Waals surface area contributed by atoms with Crippen molar-refractivity contribution in [2.75, 3.05) is 17.1 Å². The van der Waals surface area contributed by atoms with Gasteiger partial charge in [0.1, 0.15) is 0 Å². The van der Waals surface area contributed by atoms with Crippen LogP contribution in [0, 0.1) is 0 Å². The Morgan fingerprint density at radius 3 is 2.60 bits per heavy atom. The van der Waals surface area contributed by atoms with Crippen LogP contribution in [0.4, 0.5) is 5.69 Å². The van der Waals surface area contributed by atoms with Gasteiger partial charge >= 0.3 is 0 Å². The van der Waals surface area contributed by atoms with Gasteiger partial charge in [0, 0.05) is 13.6 Å². The van der Waals surface area contributed by atoms with Crippen LogP contribution in [0.1, 0.15) is 12.5 Å². The van der Waals surface area contributed by atoms with Crippen LogP contribution in [0.5, 0.6) is 0 Å². The third-order valence-corrected chi connectivity index (χ3v) is 4.07. The zero-order chi connectivity index (χ0) is 11.5. The Labute approximate surface area is 90.8 Å². The first-order valence-electron chi connectivity index (χ1n) is 4.77. The van der Waals surface area contributed by atoms with Crippen molar-refractivity contribution >= 4 is 15.7 Å². The van der Waals surface area contributed by atoms with Gasteiger partial charge in [0.15, 0.2) is 0 Å². The molecule has 0 unspecified atom stereocenters. The highest BCUT2D eigenvalue weighted by Crippen LogP contribution is 2.17. The Balaban J connectivity index is 3.06. The summed E-state index contributed by atoms with van der Waals surface area (Å²) in [5.41, 5.74) is 7.07. The Morgan fingerprint density at radius 2 is 2.07 bits per heavy atom. The smallest absolute Gasteiger partial charge is 0.234 e. The third kappa shape index (κ3) is 2.70. The van der Waals surface area contributed by atoms with E-state index < -0.39 is 10.0 Å². The molecule has 4 nitrogen and oxygen atoms in total. The van der Waals surface area contributed by atoms with Gasteiger partial charge in [0.25, 0.3) is 0 Å². The molecule has 1 aromatic carbocycles. The molecule has 0 aliphatic heterocycles. The first kappa shape index (κ1) is 12.0. The number of hydrogen-bond acceptors (Lipinski definition) is 3. The molecule has 0 fully saturated rings. The second-order valence-corrected chi connectivity index (χ2v) is 5.53. The van der Waals surface area contributed by atoms with Gasteiger partial charge in [0.05, 0.1) is 11.4 Å². The number of nitrogens with zero attached hydrogens (tertiary/aromatic N) is 1. The molecule has 0 radical (unpaired) electrons. The van der Waals surface area contributed by atoms with Gasteiger partial charge in [-0.15, -0.1) is 0 Å². The summed E-state index contributed by atoms with van der Waals surface area (Å²) in [6.07, 6.45) is 0. The average molecular weight is 228 g/mol. The van der Waals surface area contributed by atoms with Crippen LogP contribution in [0.25, 0.3) is 0 Å². The van der Waals surface area contributed by atoms with E-state index in [1.165, 1.54) is 4.31 Å². The van der Waals surface area contributed by atoms with Crippen molar-refractivity contribution in [3.63, 3.8) is 0 Å². The van der Waals surface area contributed by atoms with E-state index >= 15 is 0 Å². The molecule has 0 aromatic heterocycles. The molecule has 0 aliphatic carbocycles. The molecule has 0 bridgehead atoms. The first-order chi connectivity index (χ1) is 7.01. The van der Waals surface area contributed by atoms with E-state index in [2.05, 4.69) is 0 Å². The van der Waals surface area contributed by atoms with Crippen molar-refractivity contribution in [2.45, 2.75) is 13.5 Å². The van der Waals surface area contributed by atoms with Crippen molar-refractivity contribution in [2.24, 2.45) is 5.73 Å². The highest BCUT2D eigenvalue weighted by Gasteiger charge is 2.15. The second-order valence-electron chi connectivity index (χ2n) is 3.24. The quantitative estimate of drug-likeness (QED) is 0.834. The Bertz CT molecular complexity index is 429. The fraction of sp³-hybridized carbons (Fsp3) is 0.400. The minimum absolute atomic E-state index is 0.0936. The van der Waals surface area contributed by atoms with Crippen molar-refractivity contribution in [1.82, 2.24) is 0 Å². The van der Waals surface area contributed by atoms with E-state index in [1.54, 1.807) is 32.2 Å². The summed E-state index contributed by atoms with van der Waals surface area (Å²) in [5.74, 6) is 0.0936. The molecule has 1 aromatic rings. The highest BCUT2D eigenvalue weighted by molar-refractivity contribution is 7.92. The van der Waals surface area contributed by atoms with E-state index in [9.17, 15) is 8.42 Å². The van der Waals surface area contributed by atoms with E-state index in [0.29, 0.717) is 12.2 Å². The van der Waals surface area contributed by atoms with Crippen LogP contribution in [-0.4, -0.2) is 21.2 Å². The fourth-order valence-electron chi connectivity index (χ4n) is 1.23. The summed E-state index contributed by atoms with van der Waals surface area (Å²) < 4.78 is 24.5. The number of benzene rings is 1. The number of hydrogen-bond donors (Lipinski definition) is 1. The largest absolute Gasteiger partial charge is 0.326 e. The lowest BCUT2D eigenvalue weighted by Gasteiger charge is -2.18. The number of sulfonamides is 1. The maximum Gasteiger partial charge on any atom is 0.234 e. The summed E-state index contributed by atoms with van der Waals surface area (Å²) in [6, 6.07) is 7.22. The predicted molar refractivity (Wildman–Crippen MR) is 62.2 cm³/mol. The first-order valence-corrected chi connectivity index (χ1v) is 6.37. The van der Waals surface area contributed by atoms with Crippen LogP contribution < -0.4 is 10.0 Å².